The highest BCUT2D eigenvalue weighted by atomic mass is 35.5. The average Bonchev–Trinajstić information content (AvgIpc) is 2.74. The predicted molar refractivity (Wildman–Crippen MR) is 111 cm³/mol. The van der Waals surface area contributed by atoms with Crippen molar-refractivity contribution in [2.24, 2.45) is 4.99 Å². The maximum Gasteiger partial charge on any atom is 0.137 e. The van der Waals surface area contributed by atoms with E-state index in [2.05, 4.69) is 0 Å². The van der Waals surface area contributed by atoms with E-state index in [1.807, 2.05) is 72.8 Å². The third kappa shape index (κ3) is 3.73. The molecule has 3 aromatic carbocycles. The van der Waals surface area contributed by atoms with Crippen molar-refractivity contribution >= 4 is 28.3 Å². The molecule has 0 saturated heterocycles. The van der Waals surface area contributed by atoms with Gasteiger partial charge in [0.25, 0.3) is 0 Å². The Hall–Kier alpha value is -3.24. The number of ether oxygens (including phenoxy) is 2. The summed E-state index contributed by atoms with van der Waals surface area (Å²) in [7, 11) is 3.28. The molecule has 1 aromatic heterocycles. The van der Waals surface area contributed by atoms with Gasteiger partial charge in [-0.05, 0) is 66.7 Å². The van der Waals surface area contributed by atoms with Crippen molar-refractivity contribution in [1.82, 2.24) is 0 Å². The lowest BCUT2D eigenvalue weighted by molar-refractivity contribution is 0.415. The molecular weight excluding hydrogens is 374 g/mol. The topological polar surface area (TPSA) is 44.0 Å². The molecule has 28 heavy (non-hydrogen) atoms. The zero-order valence-corrected chi connectivity index (χ0v) is 16.2. The first kappa shape index (κ1) is 18.1. The van der Waals surface area contributed by atoms with Gasteiger partial charge in [0.05, 0.1) is 25.3 Å². The van der Waals surface area contributed by atoms with Crippen LogP contribution >= 0.6 is 11.6 Å². The summed E-state index contributed by atoms with van der Waals surface area (Å²) >= 11 is 6.02. The summed E-state index contributed by atoms with van der Waals surface area (Å²) in [6, 6.07) is 22.7. The molecule has 0 saturated carbocycles. The van der Waals surface area contributed by atoms with Crippen LogP contribution in [0.1, 0.15) is 0 Å². The minimum Gasteiger partial charge on any atom is -0.497 e. The fourth-order valence-corrected chi connectivity index (χ4v) is 3.05. The SMILES string of the molecule is COc1ccc(N=c2cc(-c3ccc(Cl)cc3)oc3ccc(OC)cc23)cc1. The third-order valence-corrected chi connectivity index (χ3v) is 4.65. The molecule has 0 spiro atoms. The van der Waals surface area contributed by atoms with Crippen LogP contribution in [-0.4, -0.2) is 14.2 Å². The molecule has 4 nitrogen and oxygen atoms in total. The van der Waals surface area contributed by atoms with Crippen LogP contribution in [0.5, 0.6) is 11.5 Å². The van der Waals surface area contributed by atoms with Crippen LogP contribution in [0.15, 0.2) is 82.2 Å². The van der Waals surface area contributed by atoms with Crippen molar-refractivity contribution in [1.29, 1.82) is 0 Å². The van der Waals surface area contributed by atoms with Crippen LogP contribution < -0.4 is 14.8 Å². The van der Waals surface area contributed by atoms with Crippen LogP contribution in [0.25, 0.3) is 22.3 Å². The van der Waals surface area contributed by atoms with Crippen LogP contribution in [0.4, 0.5) is 5.69 Å². The van der Waals surface area contributed by atoms with Crippen molar-refractivity contribution < 1.29 is 13.9 Å². The molecule has 0 atom stereocenters. The molecule has 4 aromatic rings. The minimum absolute atomic E-state index is 0.678. The molecule has 140 valence electrons. The van der Waals surface area contributed by atoms with Gasteiger partial charge < -0.3 is 13.9 Å². The molecule has 1 heterocycles. The van der Waals surface area contributed by atoms with Gasteiger partial charge in [-0.2, -0.15) is 0 Å². The second-order valence-corrected chi connectivity index (χ2v) is 6.61. The predicted octanol–water partition coefficient (Wildman–Crippen LogP) is 6.00. The van der Waals surface area contributed by atoms with Crippen molar-refractivity contribution in [3.05, 3.63) is 83.2 Å². The lowest BCUT2D eigenvalue weighted by Gasteiger charge is -2.07. The largest absolute Gasteiger partial charge is 0.497 e. The van der Waals surface area contributed by atoms with E-state index in [1.54, 1.807) is 14.2 Å². The molecule has 0 aliphatic rings. The Morgan fingerprint density at radius 3 is 2.14 bits per heavy atom. The van der Waals surface area contributed by atoms with E-state index in [0.717, 1.165) is 39.1 Å². The van der Waals surface area contributed by atoms with Crippen LogP contribution in [0, 0.1) is 0 Å². The molecule has 0 aliphatic carbocycles. The second kappa shape index (κ2) is 7.79. The Labute approximate surface area is 167 Å². The van der Waals surface area contributed by atoms with Gasteiger partial charge in [0, 0.05) is 22.0 Å². The molecule has 0 aliphatic heterocycles. The number of hydrogen-bond donors (Lipinski definition) is 0. The summed E-state index contributed by atoms with van der Waals surface area (Å²) in [4.78, 5) is 4.83. The highest BCUT2D eigenvalue weighted by molar-refractivity contribution is 6.30. The summed E-state index contributed by atoms with van der Waals surface area (Å²) in [5, 5.41) is 2.33. The van der Waals surface area contributed by atoms with E-state index in [1.165, 1.54) is 0 Å². The van der Waals surface area contributed by atoms with E-state index < -0.39 is 0 Å². The summed E-state index contributed by atoms with van der Waals surface area (Å²) in [5.41, 5.74) is 2.46. The lowest BCUT2D eigenvalue weighted by Crippen LogP contribution is -2.03. The number of benzene rings is 3. The molecule has 0 fully saturated rings. The van der Waals surface area contributed by atoms with E-state index in [4.69, 9.17) is 30.5 Å². The number of nitrogens with zero attached hydrogens (tertiary/aromatic N) is 1. The normalized spacial score (nSPS) is 11.6. The first-order valence-electron chi connectivity index (χ1n) is 8.73. The molecule has 0 unspecified atom stereocenters. The smallest absolute Gasteiger partial charge is 0.137 e. The first-order chi connectivity index (χ1) is 13.7. The standard InChI is InChI=1S/C23H18ClNO3/c1-26-18-9-7-17(8-10-18)25-21-14-23(15-3-5-16(24)6-4-15)28-22-12-11-19(27-2)13-20(21)22/h3-14H,1-2H3. The summed E-state index contributed by atoms with van der Waals surface area (Å²) < 4.78 is 16.7. The molecule has 0 N–H and O–H groups in total. The van der Waals surface area contributed by atoms with E-state index >= 15 is 0 Å². The maximum absolute atomic E-state index is 6.12. The van der Waals surface area contributed by atoms with Crippen LogP contribution in [-0.2, 0) is 0 Å². The highest BCUT2D eigenvalue weighted by Gasteiger charge is 2.08. The fourth-order valence-electron chi connectivity index (χ4n) is 2.92. The molecule has 5 heteroatoms. The molecule has 0 amide bonds. The minimum atomic E-state index is 0.678. The van der Waals surface area contributed by atoms with Crippen molar-refractivity contribution in [3.8, 4) is 22.8 Å². The Morgan fingerprint density at radius 2 is 1.46 bits per heavy atom. The monoisotopic (exact) mass is 391 g/mol. The van der Waals surface area contributed by atoms with Gasteiger partial charge in [0.1, 0.15) is 22.8 Å². The van der Waals surface area contributed by atoms with Crippen molar-refractivity contribution in [2.45, 2.75) is 0 Å². The van der Waals surface area contributed by atoms with Crippen LogP contribution in [0.2, 0.25) is 5.02 Å². The number of hydrogen-bond acceptors (Lipinski definition) is 4. The van der Waals surface area contributed by atoms with Gasteiger partial charge in [-0.15, -0.1) is 0 Å². The summed E-state index contributed by atoms with van der Waals surface area (Å²) in [6.45, 7) is 0. The first-order valence-corrected chi connectivity index (χ1v) is 9.11. The lowest BCUT2D eigenvalue weighted by atomic mass is 10.1. The van der Waals surface area contributed by atoms with Gasteiger partial charge in [0.2, 0.25) is 0 Å². The quantitative estimate of drug-likeness (QED) is 0.428. The average molecular weight is 392 g/mol. The van der Waals surface area contributed by atoms with E-state index in [0.29, 0.717) is 10.8 Å². The van der Waals surface area contributed by atoms with Crippen LogP contribution in [0.3, 0.4) is 0 Å². The molecule has 0 radical (unpaired) electrons. The molecule has 0 bridgehead atoms. The Bertz CT molecular complexity index is 1180. The highest BCUT2D eigenvalue weighted by Crippen LogP contribution is 2.26. The van der Waals surface area contributed by atoms with Gasteiger partial charge in [-0.1, -0.05) is 11.6 Å². The number of fused-ring (bicyclic) bond motifs is 1. The van der Waals surface area contributed by atoms with Gasteiger partial charge in [-0.25, -0.2) is 4.99 Å². The molecular formula is C23H18ClNO3. The number of rotatable bonds is 4. The molecule has 4 rings (SSSR count). The van der Waals surface area contributed by atoms with E-state index in [-0.39, 0.29) is 0 Å². The zero-order valence-electron chi connectivity index (χ0n) is 15.5. The summed E-state index contributed by atoms with van der Waals surface area (Å²) in [6.07, 6.45) is 0. The maximum atomic E-state index is 6.12. The Kier molecular flexibility index (Phi) is 5.04. The fraction of sp³-hybridized carbons (Fsp3) is 0.0870. The second-order valence-electron chi connectivity index (χ2n) is 6.17. The Morgan fingerprint density at radius 1 is 0.786 bits per heavy atom. The van der Waals surface area contributed by atoms with Gasteiger partial charge in [-0.3, -0.25) is 0 Å². The zero-order chi connectivity index (χ0) is 19.5. The van der Waals surface area contributed by atoms with Gasteiger partial charge >= 0.3 is 0 Å². The van der Waals surface area contributed by atoms with Crippen molar-refractivity contribution in [2.75, 3.05) is 14.2 Å². The Balaban J connectivity index is 1.94. The number of methoxy groups -OCH3 is 2. The van der Waals surface area contributed by atoms with Gasteiger partial charge in [0.15, 0.2) is 0 Å². The third-order valence-electron chi connectivity index (χ3n) is 4.40. The van der Waals surface area contributed by atoms with Crippen molar-refractivity contribution in [3.63, 3.8) is 0 Å². The van der Waals surface area contributed by atoms with E-state index in [9.17, 15) is 0 Å². The number of halogens is 1. The summed E-state index contributed by atoms with van der Waals surface area (Å²) in [5.74, 6) is 2.24.